The Bertz CT molecular complexity index is 566. The molecule has 19 heavy (non-hydrogen) atoms. The normalized spacial score (nSPS) is 28.1. The van der Waals surface area contributed by atoms with Gasteiger partial charge in [-0.3, -0.25) is 9.59 Å². The molecule has 1 aliphatic heterocycles. The molecule has 3 rings (SSSR count). The average molecular weight is 259 g/mol. The van der Waals surface area contributed by atoms with Crippen molar-refractivity contribution in [3.8, 4) is 0 Å². The molecule has 0 aromatic heterocycles. The minimum atomic E-state index is -0.866. The summed E-state index contributed by atoms with van der Waals surface area (Å²) in [6.45, 7) is 4.76. The molecular formula is C15H17NO3. The minimum Gasteiger partial charge on any atom is -0.481 e. The van der Waals surface area contributed by atoms with E-state index in [1.165, 1.54) is 0 Å². The molecule has 0 bridgehead atoms. The molecule has 1 saturated carbocycles. The summed E-state index contributed by atoms with van der Waals surface area (Å²) >= 11 is 0. The number of carbonyl (C=O) groups is 2. The van der Waals surface area contributed by atoms with Crippen LogP contribution in [0.4, 0.5) is 5.69 Å². The zero-order chi connectivity index (χ0) is 13.8. The fourth-order valence-electron chi connectivity index (χ4n) is 3.19. The first-order chi connectivity index (χ1) is 8.98. The lowest BCUT2D eigenvalue weighted by Crippen LogP contribution is -2.36. The Morgan fingerprint density at radius 2 is 2.16 bits per heavy atom. The molecule has 2 unspecified atom stereocenters. The maximum absolute atomic E-state index is 12.7. The van der Waals surface area contributed by atoms with Gasteiger partial charge in [0.15, 0.2) is 0 Å². The number of fused-ring (bicyclic) bond motifs is 2. The zero-order valence-corrected chi connectivity index (χ0v) is 11.1. The van der Waals surface area contributed by atoms with E-state index in [4.69, 9.17) is 0 Å². The second-order valence-corrected chi connectivity index (χ2v) is 5.89. The van der Waals surface area contributed by atoms with Crippen molar-refractivity contribution in [1.29, 1.82) is 0 Å². The van der Waals surface area contributed by atoms with E-state index in [2.05, 4.69) is 13.8 Å². The predicted molar refractivity (Wildman–Crippen MR) is 71.1 cm³/mol. The average Bonchev–Trinajstić information content (AvgIpc) is 3.07. The van der Waals surface area contributed by atoms with Crippen LogP contribution in [-0.2, 0) is 15.0 Å². The Morgan fingerprint density at radius 3 is 2.74 bits per heavy atom. The molecule has 1 amide bonds. The quantitative estimate of drug-likeness (QED) is 0.903. The van der Waals surface area contributed by atoms with Crippen LogP contribution in [0.25, 0.3) is 0 Å². The van der Waals surface area contributed by atoms with Crippen LogP contribution in [0.15, 0.2) is 24.3 Å². The summed E-state index contributed by atoms with van der Waals surface area (Å²) in [4.78, 5) is 25.7. The number of carboxylic acid groups (broad SMARTS) is 1. The SMILES string of the molecule is CC(C)CN1C(=O)C2(CC2C(=O)O)c2ccccc21. The van der Waals surface area contributed by atoms with Gasteiger partial charge in [-0.1, -0.05) is 32.0 Å². The van der Waals surface area contributed by atoms with Crippen molar-refractivity contribution in [2.24, 2.45) is 11.8 Å². The molecule has 2 aliphatic rings. The molecule has 4 heteroatoms. The van der Waals surface area contributed by atoms with Crippen LogP contribution >= 0.6 is 0 Å². The number of rotatable bonds is 3. The fraction of sp³-hybridized carbons (Fsp3) is 0.467. The lowest BCUT2D eigenvalue weighted by atomic mass is 9.95. The number of carbonyl (C=O) groups excluding carboxylic acids is 1. The third-order valence-corrected chi connectivity index (χ3v) is 4.11. The second-order valence-electron chi connectivity index (χ2n) is 5.89. The van der Waals surface area contributed by atoms with Gasteiger partial charge in [0.05, 0.1) is 11.3 Å². The molecule has 100 valence electrons. The van der Waals surface area contributed by atoms with Crippen molar-refractivity contribution in [3.63, 3.8) is 0 Å². The highest BCUT2D eigenvalue weighted by Gasteiger charge is 2.69. The first-order valence-electron chi connectivity index (χ1n) is 6.62. The molecule has 1 N–H and O–H groups in total. The molecule has 0 radical (unpaired) electrons. The monoisotopic (exact) mass is 259 g/mol. The zero-order valence-electron chi connectivity index (χ0n) is 11.1. The lowest BCUT2D eigenvalue weighted by Gasteiger charge is -2.20. The number of nitrogens with zero attached hydrogens (tertiary/aromatic N) is 1. The third-order valence-electron chi connectivity index (χ3n) is 4.11. The van der Waals surface area contributed by atoms with E-state index < -0.39 is 17.3 Å². The fourth-order valence-corrected chi connectivity index (χ4v) is 3.19. The highest BCUT2D eigenvalue weighted by atomic mass is 16.4. The number of anilines is 1. The van der Waals surface area contributed by atoms with Gasteiger partial charge in [0.25, 0.3) is 0 Å². The third kappa shape index (κ3) is 1.52. The van der Waals surface area contributed by atoms with Crippen molar-refractivity contribution < 1.29 is 14.7 Å². The number of amides is 1. The number of para-hydroxylation sites is 1. The van der Waals surface area contributed by atoms with Gasteiger partial charge < -0.3 is 10.0 Å². The maximum Gasteiger partial charge on any atom is 0.307 e. The van der Waals surface area contributed by atoms with E-state index in [0.29, 0.717) is 18.9 Å². The molecule has 1 aliphatic carbocycles. The van der Waals surface area contributed by atoms with Crippen molar-refractivity contribution >= 4 is 17.6 Å². The van der Waals surface area contributed by atoms with Gasteiger partial charge in [-0.25, -0.2) is 0 Å². The number of carboxylic acids is 1. The van der Waals surface area contributed by atoms with Gasteiger partial charge in [-0.15, -0.1) is 0 Å². The Hall–Kier alpha value is -1.84. The first kappa shape index (κ1) is 12.2. The largest absolute Gasteiger partial charge is 0.481 e. The molecule has 1 fully saturated rings. The Morgan fingerprint density at radius 1 is 1.47 bits per heavy atom. The van der Waals surface area contributed by atoms with Crippen LogP contribution < -0.4 is 4.90 Å². The maximum atomic E-state index is 12.7. The van der Waals surface area contributed by atoms with E-state index in [0.717, 1.165) is 11.3 Å². The molecule has 1 aromatic carbocycles. The second kappa shape index (κ2) is 3.83. The lowest BCUT2D eigenvalue weighted by molar-refractivity contribution is -0.140. The summed E-state index contributed by atoms with van der Waals surface area (Å²) in [5, 5.41) is 9.22. The molecular weight excluding hydrogens is 242 g/mol. The van der Waals surface area contributed by atoms with E-state index in [1.807, 2.05) is 24.3 Å². The van der Waals surface area contributed by atoms with Crippen molar-refractivity contribution in [2.75, 3.05) is 11.4 Å². The van der Waals surface area contributed by atoms with Crippen molar-refractivity contribution in [2.45, 2.75) is 25.7 Å². The summed E-state index contributed by atoms with van der Waals surface area (Å²) in [5.74, 6) is -1.10. The molecule has 2 atom stereocenters. The standard InChI is InChI=1S/C15H17NO3/c1-9(2)8-16-12-6-4-3-5-10(12)15(14(16)19)7-11(15)13(17)18/h3-6,9,11H,7-8H2,1-2H3,(H,17,18). The van der Waals surface area contributed by atoms with Gasteiger partial charge in [-0.2, -0.15) is 0 Å². The van der Waals surface area contributed by atoms with Gasteiger partial charge in [0.2, 0.25) is 5.91 Å². The number of hydrogen-bond acceptors (Lipinski definition) is 2. The number of hydrogen-bond donors (Lipinski definition) is 1. The number of benzene rings is 1. The first-order valence-corrected chi connectivity index (χ1v) is 6.62. The van der Waals surface area contributed by atoms with Gasteiger partial charge in [0.1, 0.15) is 0 Å². The summed E-state index contributed by atoms with van der Waals surface area (Å²) in [6.07, 6.45) is 0.437. The molecule has 1 spiro atoms. The Kier molecular flexibility index (Phi) is 2.46. The molecule has 1 aromatic rings. The predicted octanol–water partition coefficient (Wildman–Crippen LogP) is 2.03. The summed E-state index contributed by atoms with van der Waals surface area (Å²) in [5.41, 5.74) is 1.01. The van der Waals surface area contributed by atoms with Crippen LogP contribution in [0.3, 0.4) is 0 Å². The van der Waals surface area contributed by atoms with E-state index in [1.54, 1.807) is 4.90 Å². The van der Waals surface area contributed by atoms with Gasteiger partial charge >= 0.3 is 5.97 Å². The topological polar surface area (TPSA) is 57.6 Å². The minimum absolute atomic E-state index is 0.0326. The molecule has 0 saturated heterocycles. The molecule has 4 nitrogen and oxygen atoms in total. The highest BCUT2D eigenvalue weighted by molar-refractivity contribution is 6.13. The van der Waals surface area contributed by atoms with Gasteiger partial charge in [-0.05, 0) is 24.0 Å². The summed E-state index contributed by atoms with van der Waals surface area (Å²) < 4.78 is 0. The Labute approximate surface area is 112 Å². The highest BCUT2D eigenvalue weighted by Crippen LogP contribution is 2.61. The van der Waals surface area contributed by atoms with Crippen LogP contribution in [-0.4, -0.2) is 23.5 Å². The van der Waals surface area contributed by atoms with Gasteiger partial charge in [0, 0.05) is 12.2 Å². The van der Waals surface area contributed by atoms with E-state index in [9.17, 15) is 14.7 Å². The van der Waals surface area contributed by atoms with Crippen molar-refractivity contribution in [3.05, 3.63) is 29.8 Å². The molecule has 1 heterocycles. The van der Waals surface area contributed by atoms with Crippen molar-refractivity contribution in [1.82, 2.24) is 0 Å². The summed E-state index contributed by atoms with van der Waals surface area (Å²) in [7, 11) is 0. The van der Waals surface area contributed by atoms with Crippen LogP contribution in [0.2, 0.25) is 0 Å². The van der Waals surface area contributed by atoms with Crippen LogP contribution in [0, 0.1) is 11.8 Å². The van der Waals surface area contributed by atoms with Crippen LogP contribution in [0.1, 0.15) is 25.8 Å². The van der Waals surface area contributed by atoms with E-state index >= 15 is 0 Å². The smallest absolute Gasteiger partial charge is 0.307 e. The van der Waals surface area contributed by atoms with Crippen LogP contribution in [0.5, 0.6) is 0 Å². The summed E-state index contributed by atoms with van der Waals surface area (Å²) in [6, 6.07) is 7.60. The van der Waals surface area contributed by atoms with E-state index in [-0.39, 0.29) is 5.91 Å². The number of aliphatic carboxylic acids is 1. The Balaban J connectivity index is 2.06.